The molecule has 1 radical (unpaired) electrons. The molecule has 0 fully saturated rings. The quantitative estimate of drug-likeness (QED) is 0.00266. The number of phenols is 2. The predicted molar refractivity (Wildman–Crippen MR) is 545 cm³/mol. The summed E-state index contributed by atoms with van der Waals surface area (Å²) in [5.74, 6) is 3.77. The van der Waals surface area contributed by atoms with Crippen LogP contribution in [0.25, 0.3) is 31.3 Å². The Bertz CT molecular complexity index is 5050. The van der Waals surface area contributed by atoms with Gasteiger partial charge >= 0.3 is 17.9 Å². The topological polar surface area (TPSA) is 291 Å². The summed E-state index contributed by atoms with van der Waals surface area (Å²) in [5.41, 5.74) is 6.46. The number of rotatable bonds is 39. The predicted octanol–water partition coefficient (Wildman–Crippen LogP) is 30.4. The summed E-state index contributed by atoms with van der Waals surface area (Å²) in [5, 5.41) is 43.4. The van der Waals surface area contributed by atoms with Crippen LogP contribution in [-0.2, 0) is 22.4 Å². The fourth-order valence-electron chi connectivity index (χ4n) is 10.1. The molecule has 12 aromatic rings. The van der Waals surface area contributed by atoms with Crippen molar-refractivity contribution in [3.8, 4) is 83.1 Å². The van der Waals surface area contributed by atoms with E-state index in [1.165, 1.54) is 44.2 Å². The number of carbonyl (C=O) groups is 6. The summed E-state index contributed by atoms with van der Waals surface area (Å²) < 4.78 is 41.3. The average Bonchev–Trinajstić information content (AvgIpc) is 1.60. The number of halogens is 3. The molecule has 0 amide bonds. The molecular weight excluding hydrogens is 2120 g/mol. The Balaban J connectivity index is 0.000000394. The molecule has 0 aliphatic rings. The van der Waals surface area contributed by atoms with E-state index in [0.29, 0.717) is 64.9 Å². The van der Waals surface area contributed by atoms with Gasteiger partial charge in [0.2, 0.25) is 0 Å². The van der Waals surface area contributed by atoms with Crippen molar-refractivity contribution in [2.75, 3.05) is 49.0 Å². The third-order valence-corrected chi connectivity index (χ3v) is 27.4. The molecule has 20 nitrogen and oxygen atoms in total. The van der Waals surface area contributed by atoms with Crippen molar-refractivity contribution in [1.82, 2.24) is 0 Å². The molecule has 3 heterocycles. The van der Waals surface area contributed by atoms with E-state index in [2.05, 4.69) is 75.5 Å². The van der Waals surface area contributed by atoms with Crippen LogP contribution >= 0.6 is 146 Å². The maximum absolute atomic E-state index is 12.3. The van der Waals surface area contributed by atoms with Gasteiger partial charge in [-0.1, -0.05) is 226 Å². The van der Waals surface area contributed by atoms with Gasteiger partial charge in [-0.25, -0.2) is 14.4 Å². The van der Waals surface area contributed by atoms with Crippen LogP contribution in [0.1, 0.15) is 193 Å². The van der Waals surface area contributed by atoms with E-state index < -0.39 is 11.1 Å². The fourth-order valence-corrected chi connectivity index (χ4v) is 18.5. The van der Waals surface area contributed by atoms with Crippen molar-refractivity contribution in [3.63, 3.8) is 0 Å². The van der Waals surface area contributed by atoms with E-state index >= 15 is 0 Å². The summed E-state index contributed by atoms with van der Waals surface area (Å²) >= 11 is 25.4. The van der Waals surface area contributed by atoms with Gasteiger partial charge in [0.1, 0.15) is 82.1 Å². The number of hydrogen-bond donors (Lipinski definition) is 4. The number of ether oxygens (including phenoxy) is 7. The molecule has 130 heavy (non-hydrogen) atoms. The molecule has 0 spiro atoms. The first kappa shape index (κ1) is 115. The van der Waals surface area contributed by atoms with Crippen molar-refractivity contribution in [3.05, 3.63) is 292 Å². The van der Waals surface area contributed by atoms with Gasteiger partial charge in [-0.15, -0.1) is 10.1 Å². The number of phenolic OH excluding ortho intramolecular Hbond substituents is 2. The molecule has 0 aliphatic heterocycles. The zero-order valence-electron chi connectivity index (χ0n) is 72.2. The Hall–Kier alpha value is -8.81. The number of aromatic carboxylic acids is 1. The summed E-state index contributed by atoms with van der Waals surface area (Å²) in [4.78, 5) is 77.7. The van der Waals surface area contributed by atoms with E-state index in [-0.39, 0.29) is 45.6 Å². The van der Waals surface area contributed by atoms with Crippen LogP contribution in [0.2, 0.25) is 0 Å². The van der Waals surface area contributed by atoms with Gasteiger partial charge in [0.15, 0.2) is 0 Å². The minimum absolute atomic E-state index is 0. The third kappa shape index (κ3) is 51.9. The average molecular weight is 2230 g/mol. The van der Waals surface area contributed by atoms with Gasteiger partial charge < -0.3 is 53.7 Å². The normalized spacial score (nSPS) is 9.87. The van der Waals surface area contributed by atoms with Crippen molar-refractivity contribution >= 4 is 183 Å². The van der Waals surface area contributed by atoms with Crippen LogP contribution in [0, 0.1) is 21.6 Å². The molecule has 33 heteroatoms. The molecule has 0 aliphatic carbocycles. The Morgan fingerprint density at radius 3 is 0.792 bits per heavy atom. The van der Waals surface area contributed by atoms with Gasteiger partial charge in [0.05, 0.1) is 49.7 Å². The molecule has 12 rings (SSSR count). The number of nitrogens with zero attached hydrogens (tertiary/aromatic N) is 1. The summed E-state index contributed by atoms with van der Waals surface area (Å²) in [7, 11) is 9.72. The Labute approximate surface area is 838 Å². The number of esters is 2. The molecule has 699 valence electrons. The number of aldehydes is 3. The number of carboxylic acid groups (broad SMARTS) is 1. The van der Waals surface area contributed by atoms with Gasteiger partial charge in [0, 0.05) is 69.7 Å². The Morgan fingerprint density at radius 2 is 0.562 bits per heavy atom. The second-order valence-electron chi connectivity index (χ2n) is 27.1. The van der Waals surface area contributed by atoms with Crippen LogP contribution < -0.4 is 33.2 Å². The van der Waals surface area contributed by atoms with Crippen LogP contribution in [-0.4, -0.2) is 111 Å². The number of hydrogen-bond acceptors (Lipinski definition) is 26. The maximum atomic E-state index is 12.3. The molecule has 3 aromatic heterocycles. The van der Waals surface area contributed by atoms with E-state index in [0.717, 1.165) is 190 Å². The smallest absolute Gasteiger partial charge is 0.343 e. The summed E-state index contributed by atoms with van der Waals surface area (Å²) in [6.45, 7) is 12.2. The summed E-state index contributed by atoms with van der Waals surface area (Å²) in [6.07, 6.45) is 20.7. The van der Waals surface area contributed by atoms with Crippen molar-refractivity contribution in [1.29, 1.82) is 0 Å². The molecule has 0 unspecified atom stereocenters. The number of carboxylic acids is 1. The number of alkyl halides is 3. The maximum Gasteiger partial charge on any atom is 0.343 e. The van der Waals surface area contributed by atoms with Crippen LogP contribution in [0.15, 0.2) is 237 Å². The van der Waals surface area contributed by atoms with Crippen LogP contribution in [0.4, 0.5) is 0 Å². The molecule has 9 aromatic carbocycles. The van der Waals surface area contributed by atoms with Gasteiger partial charge in [0.25, 0.3) is 5.09 Å². The van der Waals surface area contributed by atoms with Crippen molar-refractivity contribution < 1.29 is 110 Å². The molecular formula is C97H106AgBr3NO19S9. The van der Waals surface area contributed by atoms with Crippen molar-refractivity contribution in [2.24, 2.45) is 0 Å². The number of aromatic hydroxyl groups is 2. The largest absolute Gasteiger partial charge is 0.508 e. The monoisotopic (exact) mass is 2220 g/mol. The number of benzene rings is 9. The van der Waals surface area contributed by atoms with Crippen LogP contribution in [0.3, 0.4) is 0 Å². The Morgan fingerprint density at radius 1 is 0.346 bits per heavy atom. The molecule has 0 bridgehead atoms. The second kappa shape index (κ2) is 71.8. The van der Waals surface area contributed by atoms with E-state index in [4.69, 9.17) is 100 Å². The minimum atomic E-state index is -1.50. The molecule has 0 saturated carbocycles. The first-order valence-electron chi connectivity index (χ1n) is 41.3. The van der Waals surface area contributed by atoms with Gasteiger partial charge in [-0.3, -0.25) is 14.4 Å². The van der Waals surface area contributed by atoms with Gasteiger partial charge in [-0.05, 0) is 305 Å². The standard InChI is InChI=1S/2C21H20O3S3.C12H16O3.C12H16O2.C11H13BrO2.C9H6OS3.C7H6O2.C4H8Br2.Ag.HNO3/c2*1-2-3-4-13-23-17-9-7-16(8-10-17)21(22)24-18-11-5-15(6-12-18)19-14-20(25)27-26-19;1-2-3-4-9-15-11-7-5-10(6-8-11)12(13)14;1-2-3-4-9-14-12-7-5-11(10-13)6-8-12;12-7-1-2-8-14-11-5-3-10(9-13)4-6-11;10-7-3-1-6(2-4-7)8-5-9(11)13-12-8;8-5-6-1-3-7(9)4-2-6;5-3-1-2-4-6;;2-1(3)4/h2*5-12,14H,2-4,13H2,1H3;5-8H,2-4,9H2,1H3,(H,13,14);5-8,10H,2-4,9H2,1H3;3-6,9H,1-2,7-8H2;1-5,10H;1-5,9H;1-4H2;;(H,2,3,4). The van der Waals surface area contributed by atoms with E-state index in [1.807, 2.05) is 78.9 Å². The van der Waals surface area contributed by atoms with E-state index in [9.17, 15) is 28.8 Å². The second-order valence-corrected chi connectivity index (χ2v) is 38.2. The number of unbranched alkanes of at least 4 members (excludes halogenated alkanes) is 10. The number of carbonyl (C=O) groups excluding carboxylic acids is 5. The molecule has 4 N–H and O–H groups in total. The molecule has 0 atom stereocenters. The van der Waals surface area contributed by atoms with E-state index in [1.54, 1.807) is 208 Å². The summed E-state index contributed by atoms with van der Waals surface area (Å²) in [6, 6.07) is 69.0. The SMILES string of the molecule is BrCCCCBr.CCCCCOc1ccc(C(=O)O)cc1.CCCCCOc1ccc(C(=O)Oc2ccc(-c3cc(=S)ss3)cc2)cc1.CCCCCOc1ccc(C(=O)Oc2ccc(-c3cc(=S)ss3)cc2)cc1.CCCCCOc1ccc(C=O)cc1.O=Cc1ccc(O)cc1.O=Cc1ccc(OCCCCBr)cc1.O=[N+]([O-])O.Oc1ccc(-c2cc(=S)ss2)cc1.[Ag]. The zero-order chi connectivity index (χ0) is 94.0. The van der Waals surface area contributed by atoms with Crippen molar-refractivity contribution in [2.45, 2.75) is 130 Å². The zero-order valence-corrected chi connectivity index (χ0v) is 85.8. The minimum Gasteiger partial charge on any atom is -0.508 e. The fraction of sp³-hybridized carbons (Fsp3) is 0.289. The first-order chi connectivity index (χ1) is 62.5. The van der Waals surface area contributed by atoms with Gasteiger partial charge in [-0.2, -0.15) is 0 Å². The third-order valence-electron chi connectivity index (χ3n) is 17.0. The first-order valence-corrected chi connectivity index (χ1v) is 52.3. The van der Waals surface area contributed by atoms with Crippen LogP contribution in [0.5, 0.6) is 51.7 Å². The Kier molecular flexibility index (Phi) is 63.7. The molecule has 0 saturated heterocycles.